The summed E-state index contributed by atoms with van der Waals surface area (Å²) >= 11 is 2.77. The number of carbonyl (C=O) groups is 1. The Bertz CT molecular complexity index is 225. The second-order valence-corrected chi connectivity index (χ2v) is 4.94. The van der Waals surface area contributed by atoms with E-state index < -0.39 is 15.9 Å². The summed E-state index contributed by atoms with van der Waals surface area (Å²) in [6.45, 7) is 0.0588. The van der Waals surface area contributed by atoms with Gasteiger partial charge in [-0.05, 0) is 0 Å². The molecule has 0 aliphatic heterocycles. The molecule has 0 heterocycles. The van der Waals surface area contributed by atoms with E-state index in [0.29, 0.717) is 0 Å². The van der Waals surface area contributed by atoms with Crippen LogP contribution in [0.25, 0.3) is 0 Å². The van der Waals surface area contributed by atoms with Crippen LogP contribution in [0.15, 0.2) is 0 Å². The highest BCUT2D eigenvalue weighted by Gasteiger charge is 2.06. The van der Waals surface area contributed by atoms with Crippen LogP contribution in [-0.2, 0) is 14.8 Å². The van der Waals surface area contributed by atoms with Crippen molar-refractivity contribution in [3.05, 3.63) is 0 Å². The SMILES string of the molecule is NC(=O)CCNS(=O)(=O)CBr. The Morgan fingerprint density at radius 2 is 2.09 bits per heavy atom. The molecule has 11 heavy (non-hydrogen) atoms. The number of primary amides is 1. The van der Waals surface area contributed by atoms with Crippen LogP contribution in [-0.4, -0.2) is 25.5 Å². The molecule has 0 saturated carbocycles. The molecule has 0 unspecified atom stereocenters. The maximum absolute atomic E-state index is 10.7. The number of rotatable bonds is 5. The molecule has 1 amide bonds. The molecule has 0 aromatic rings. The molecule has 66 valence electrons. The standard InChI is InChI=1S/C4H9BrN2O3S/c5-3-11(9,10)7-2-1-4(6)8/h7H,1-3H2,(H2,6,8). The van der Waals surface area contributed by atoms with E-state index in [1.165, 1.54) is 0 Å². The van der Waals surface area contributed by atoms with E-state index in [1.54, 1.807) is 0 Å². The van der Waals surface area contributed by atoms with Gasteiger partial charge in [-0.2, -0.15) is 0 Å². The van der Waals surface area contributed by atoms with Crippen LogP contribution in [0, 0.1) is 0 Å². The van der Waals surface area contributed by atoms with Crippen molar-refractivity contribution >= 4 is 31.9 Å². The summed E-state index contributed by atoms with van der Waals surface area (Å²) in [4.78, 5) is 10.1. The highest BCUT2D eigenvalue weighted by molar-refractivity contribution is 9.10. The quantitative estimate of drug-likeness (QED) is 0.617. The van der Waals surface area contributed by atoms with Crippen molar-refractivity contribution in [3.63, 3.8) is 0 Å². The van der Waals surface area contributed by atoms with Gasteiger partial charge in [0.15, 0.2) is 0 Å². The fourth-order valence-corrected chi connectivity index (χ4v) is 1.34. The zero-order chi connectivity index (χ0) is 8.91. The Kier molecular flexibility index (Phi) is 4.62. The number of nitrogens with two attached hydrogens (primary N) is 1. The van der Waals surface area contributed by atoms with Crippen molar-refractivity contribution in [2.75, 3.05) is 11.2 Å². The van der Waals surface area contributed by atoms with Crippen molar-refractivity contribution < 1.29 is 13.2 Å². The number of amides is 1. The summed E-state index contributed by atoms with van der Waals surface area (Å²) in [6, 6.07) is 0. The van der Waals surface area contributed by atoms with Gasteiger partial charge in [0.05, 0.1) is 0 Å². The summed E-state index contributed by atoms with van der Waals surface area (Å²) in [6.07, 6.45) is 0.0201. The van der Waals surface area contributed by atoms with Crippen molar-refractivity contribution in [1.29, 1.82) is 0 Å². The van der Waals surface area contributed by atoms with Gasteiger partial charge in [0.25, 0.3) is 0 Å². The lowest BCUT2D eigenvalue weighted by Crippen LogP contribution is -2.28. The van der Waals surface area contributed by atoms with Gasteiger partial charge in [-0.15, -0.1) is 0 Å². The van der Waals surface area contributed by atoms with Gasteiger partial charge < -0.3 is 5.73 Å². The Balaban J connectivity index is 3.63. The minimum absolute atomic E-state index is 0.0201. The van der Waals surface area contributed by atoms with E-state index in [4.69, 9.17) is 5.73 Å². The van der Waals surface area contributed by atoms with Gasteiger partial charge >= 0.3 is 0 Å². The van der Waals surface area contributed by atoms with E-state index in [0.717, 1.165) is 0 Å². The molecular formula is C4H9BrN2O3S. The normalized spacial score (nSPS) is 11.4. The van der Waals surface area contributed by atoms with Crippen LogP contribution in [0.1, 0.15) is 6.42 Å². The molecule has 0 aliphatic carbocycles. The fraction of sp³-hybridized carbons (Fsp3) is 0.750. The van der Waals surface area contributed by atoms with E-state index in [2.05, 4.69) is 20.7 Å². The second kappa shape index (κ2) is 4.68. The summed E-state index contributed by atoms with van der Waals surface area (Å²) in [7, 11) is -3.26. The van der Waals surface area contributed by atoms with Crippen LogP contribution in [0.4, 0.5) is 0 Å². The third kappa shape index (κ3) is 6.27. The summed E-state index contributed by atoms with van der Waals surface area (Å²) in [5, 5.41) is 0. The first-order valence-corrected chi connectivity index (χ1v) is 5.57. The van der Waals surface area contributed by atoms with Gasteiger partial charge in [0.2, 0.25) is 15.9 Å². The smallest absolute Gasteiger partial charge is 0.221 e. The summed E-state index contributed by atoms with van der Waals surface area (Å²) in [5.41, 5.74) is 4.78. The zero-order valence-corrected chi connectivity index (χ0v) is 8.11. The van der Waals surface area contributed by atoms with Gasteiger partial charge in [-0.25, -0.2) is 13.1 Å². The van der Waals surface area contributed by atoms with Gasteiger partial charge in [-0.1, -0.05) is 15.9 Å². The minimum atomic E-state index is -3.26. The van der Waals surface area contributed by atoms with Crippen molar-refractivity contribution in [1.82, 2.24) is 4.72 Å². The first-order chi connectivity index (χ1) is 4.98. The number of carbonyl (C=O) groups excluding carboxylic acids is 1. The van der Waals surface area contributed by atoms with E-state index in [9.17, 15) is 13.2 Å². The predicted octanol–water partition coefficient (Wildman–Crippen LogP) is -0.866. The Morgan fingerprint density at radius 1 is 1.55 bits per heavy atom. The number of sulfonamides is 1. The molecule has 0 saturated heterocycles. The monoisotopic (exact) mass is 244 g/mol. The molecule has 0 aliphatic rings. The number of halogens is 1. The molecule has 3 N–H and O–H groups in total. The molecule has 0 radical (unpaired) electrons. The maximum Gasteiger partial charge on any atom is 0.221 e. The third-order valence-electron chi connectivity index (χ3n) is 0.837. The third-order valence-corrected chi connectivity index (χ3v) is 3.58. The molecule has 0 fully saturated rings. The molecule has 0 rings (SSSR count). The van der Waals surface area contributed by atoms with E-state index in [-0.39, 0.29) is 17.6 Å². The fourth-order valence-electron chi connectivity index (χ4n) is 0.368. The Labute approximate surface area is 73.5 Å². The van der Waals surface area contributed by atoms with Gasteiger partial charge in [0, 0.05) is 13.0 Å². The van der Waals surface area contributed by atoms with Crippen molar-refractivity contribution in [2.24, 2.45) is 5.73 Å². The first-order valence-electron chi connectivity index (χ1n) is 2.79. The average molecular weight is 245 g/mol. The molecular weight excluding hydrogens is 236 g/mol. The topological polar surface area (TPSA) is 89.3 Å². The lowest BCUT2D eigenvalue weighted by Gasteiger charge is -2.00. The molecule has 0 atom stereocenters. The number of alkyl halides is 1. The highest BCUT2D eigenvalue weighted by Crippen LogP contribution is 1.90. The Morgan fingerprint density at radius 3 is 2.45 bits per heavy atom. The number of hydrogen-bond acceptors (Lipinski definition) is 3. The van der Waals surface area contributed by atoms with Crippen molar-refractivity contribution in [2.45, 2.75) is 6.42 Å². The number of nitrogens with one attached hydrogen (secondary N) is 1. The van der Waals surface area contributed by atoms with Crippen LogP contribution >= 0.6 is 15.9 Å². The molecule has 0 aromatic carbocycles. The zero-order valence-electron chi connectivity index (χ0n) is 5.71. The second-order valence-electron chi connectivity index (χ2n) is 1.83. The predicted molar refractivity (Wildman–Crippen MR) is 44.5 cm³/mol. The van der Waals surface area contributed by atoms with Crippen molar-refractivity contribution in [3.8, 4) is 0 Å². The lowest BCUT2D eigenvalue weighted by molar-refractivity contribution is -0.117. The lowest BCUT2D eigenvalue weighted by atomic mass is 10.4. The van der Waals surface area contributed by atoms with Gasteiger partial charge in [0.1, 0.15) is 4.66 Å². The number of hydrogen-bond donors (Lipinski definition) is 2. The first kappa shape index (κ1) is 10.9. The molecule has 7 heteroatoms. The molecule has 0 aromatic heterocycles. The largest absolute Gasteiger partial charge is 0.370 e. The van der Waals surface area contributed by atoms with E-state index >= 15 is 0 Å². The minimum Gasteiger partial charge on any atom is -0.370 e. The van der Waals surface area contributed by atoms with Crippen LogP contribution in [0.5, 0.6) is 0 Å². The molecule has 0 bridgehead atoms. The molecule has 0 spiro atoms. The molecule has 5 nitrogen and oxygen atoms in total. The maximum atomic E-state index is 10.7. The highest BCUT2D eigenvalue weighted by atomic mass is 79.9. The Hall–Kier alpha value is -0.140. The summed E-state index contributed by atoms with van der Waals surface area (Å²) < 4.78 is 23.3. The summed E-state index contributed by atoms with van der Waals surface area (Å²) in [5.74, 6) is -0.526. The van der Waals surface area contributed by atoms with Crippen LogP contribution in [0.2, 0.25) is 0 Å². The van der Waals surface area contributed by atoms with Crippen LogP contribution < -0.4 is 10.5 Å². The van der Waals surface area contributed by atoms with Crippen LogP contribution in [0.3, 0.4) is 0 Å². The van der Waals surface area contributed by atoms with Gasteiger partial charge in [-0.3, -0.25) is 4.79 Å². The average Bonchev–Trinajstić information content (AvgIpc) is 1.87. The van der Waals surface area contributed by atoms with E-state index in [1.807, 2.05) is 0 Å².